The Balaban J connectivity index is 2.28. The highest BCUT2D eigenvalue weighted by Crippen LogP contribution is 2.35. The number of rotatable bonds is 4. The van der Waals surface area contributed by atoms with Crippen molar-refractivity contribution in [3.63, 3.8) is 0 Å². The van der Waals surface area contributed by atoms with Crippen LogP contribution in [-0.2, 0) is 6.54 Å². The van der Waals surface area contributed by atoms with Gasteiger partial charge in [-0.2, -0.15) is 0 Å². The Hall–Kier alpha value is -2.03. The van der Waals surface area contributed by atoms with Crippen molar-refractivity contribution in [3.8, 4) is 0 Å². The lowest BCUT2D eigenvalue weighted by Crippen LogP contribution is -2.10. The Morgan fingerprint density at radius 2 is 2.26 bits per heavy atom. The molecular weight excluding hydrogens is 238 g/mol. The molecule has 3 heteroatoms. The fourth-order valence-electron chi connectivity index (χ4n) is 2.69. The lowest BCUT2D eigenvalue weighted by Gasteiger charge is -2.07. The summed E-state index contributed by atoms with van der Waals surface area (Å²) in [7, 11) is 0. The molecule has 1 N–H and O–H groups in total. The van der Waals surface area contributed by atoms with E-state index in [4.69, 9.17) is 0 Å². The number of hydrogen-bond acceptors (Lipinski definition) is 1. The van der Waals surface area contributed by atoms with E-state index in [9.17, 15) is 9.90 Å². The first-order valence-electron chi connectivity index (χ1n) is 6.60. The van der Waals surface area contributed by atoms with Crippen LogP contribution in [0, 0.1) is 12.8 Å². The predicted octanol–water partition coefficient (Wildman–Crippen LogP) is 3.70. The van der Waals surface area contributed by atoms with Crippen LogP contribution < -0.4 is 0 Å². The van der Waals surface area contributed by atoms with Gasteiger partial charge < -0.3 is 9.67 Å². The molecule has 0 bridgehead atoms. The molecule has 3 nitrogen and oxygen atoms in total. The Morgan fingerprint density at radius 3 is 2.84 bits per heavy atom. The molecular formula is C16H17NO2. The van der Waals surface area contributed by atoms with Crippen molar-refractivity contribution < 1.29 is 9.90 Å². The first-order valence-corrected chi connectivity index (χ1v) is 6.60. The molecule has 1 aliphatic rings. The van der Waals surface area contributed by atoms with Gasteiger partial charge >= 0.3 is 5.97 Å². The second kappa shape index (κ2) is 4.26. The Kier molecular flexibility index (Phi) is 2.70. The number of benzene rings is 1. The van der Waals surface area contributed by atoms with Gasteiger partial charge in [-0.15, -0.1) is 0 Å². The summed E-state index contributed by atoms with van der Waals surface area (Å²) in [6.07, 6.45) is 4.21. The van der Waals surface area contributed by atoms with E-state index in [0.29, 0.717) is 11.6 Å². The van der Waals surface area contributed by atoms with Gasteiger partial charge in [0.1, 0.15) is 5.69 Å². The van der Waals surface area contributed by atoms with E-state index in [2.05, 4.69) is 6.58 Å². The zero-order valence-corrected chi connectivity index (χ0v) is 11.0. The number of carboxylic acids is 1. The molecule has 0 saturated heterocycles. The Bertz CT molecular complexity index is 678. The molecule has 98 valence electrons. The molecule has 1 aliphatic carbocycles. The lowest BCUT2D eigenvalue weighted by atomic mass is 10.1. The molecule has 3 rings (SSSR count). The summed E-state index contributed by atoms with van der Waals surface area (Å²) in [4.78, 5) is 11.5. The number of fused-ring (bicyclic) bond motifs is 1. The van der Waals surface area contributed by atoms with Gasteiger partial charge in [0.2, 0.25) is 0 Å². The van der Waals surface area contributed by atoms with Crippen LogP contribution in [0.1, 0.15) is 34.5 Å². The highest BCUT2D eigenvalue weighted by molar-refractivity contribution is 5.98. The molecule has 2 aromatic rings. The summed E-state index contributed by atoms with van der Waals surface area (Å²) in [5.74, 6) is -0.199. The third kappa shape index (κ3) is 1.95. The topological polar surface area (TPSA) is 42.2 Å². The number of nitrogens with zero attached hydrogens (tertiary/aromatic N) is 1. The maximum Gasteiger partial charge on any atom is 0.352 e. The second-order valence-electron chi connectivity index (χ2n) is 5.31. The molecule has 0 unspecified atom stereocenters. The van der Waals surface area contributed by atoms with E-state index in [1.807, 2.05) is 29.7 Å². The van der Waals surface area contributed by atoms with E-state index >= 15 is 0 Å². The van der Waals surface area contributed by atoms with Gasteiger partial charge in [-0.1, -0.05) is 24.8 Å². The zero-order chi connectivity index (χ0) is 13.6. The first-order chi connectivity index (χ1) is 9.11. The summed E-state index contributed by atoms with van der Waals surface area (Å²) in [5, 5.41) is 10.5. The van der Waals surface area contributed by atoms with Gasteiger partial charge in [-0.05, 0) is 42.9 Å². The minimum atomic E-state index is -0.838. The van der Waals surface area contributed by atoms with Crippen LogP contribution in [0.4, 0.5) is 0 Å². The normalized spacial score (nSPS) is 14.8. The first kappa shape index (κ1) is 12.0. The summed E-state index contributed by atoms with van der Waals surface area (Å²) in [6.45, 7) is 6.48. The molecule has 0 radical (unpaired) electrons. The van der Waals surface area contributed by atoms with Crippen LogP contribution in [-0.4, -0.2) is 15.6 Å². The zero-order valence-electron chi connectivity index (χ0n) is 11.0. The van der Waals surface area contributed by atoms with Crippen molar-refractivity contribution >= 4 is 22.9 Å². The molecule has 1 heterocycles. The quantitative estimate of drug-likeness (QED) is 0.905. The fourth-order valence-corrected chi connectivity index (χ4v) is 2.69. The van der Waals surface area contributed by atoms with Gasteiger partial charge in [-0.3, -0.25) is 0 Å². The van der Waals surface area contributed by atoms with Crippen LogP contribution in [0.15, 0.2) is 24.8 Å². The van der Waals surface area contributed by atoms with Crippen LogP contribution >= 0.6 is 0 Å². The van der Waals surface area contributed by atoms with Crippen molar-refractivity contribution in [2.75, 3.05) is 0 Å². The van der Waals surface area contributed by atoms with Crippen molar-refractivity contribution in [1.82, 2.24) is 4.57 Å². The number of carbonyl (C=O) groups is 1. The van der Waals surface area contributed by atoms with Gasteiger partial charge in [-0.25, -0.2) is 4.79 Å². The predicted molar refractivity (Wildman–Crippen MR) is 76.4 cm³/mol. The van der Waals surface area contributed by atoms with Crippen LogP contribution in [0.5, 0.6) is 0 Å². The molecule has 19 heavy (non-hydrogen) atoms. The summed E-state index contributed by atoms with van der Waals surface area (Å²) in [5.41, 5.74) is 3.33. The number of carboxylic acid groups (broad SMARTS) is 1. The van der Waals surface area contributed by atoms with Crippen LogP contribution in [0.2, 0.25) is 0 Å². The van der Waals surface area contributed by atoms with Gasteiger partial charge in [0, 0.05) is 17.4 Å². The SMILES string of the molecule is C=Cc1ccc2c(C)c(C(=O)O)n(CC3CC3)c2c1. The standard InChI is InChI=1S/C16H17NO2/c1-3-11-6-7-13-10(2)15(16(18)19)17(14(13)8-11)9-12-4-5-12/h3,6-8,12H,1,4-5,9H2,2H3,(H,18,19). The van der Waals surface area contributed by atoms with Crippen LogP contribution in [0.25, 0.3) is 17.0 Å². The van der Waals surface area contributed by atoms with E-state index in [1.165, 1.54) is 12.8 Å². The maximum atomic E-state index is 11.5. The lowest BCUT2D eigenvalue weighted by molar-refractivity contribution is 0.0684. The highest BCUT2D eigenvalue weighted by atomic mass is 16.4. The van der Waals surface area contributed by atoms with E-state index in [1.54, 1.807) is 6.08 Å². The fraction of sp³-hybridized carbons (Fsp3) is 0.312. The number of hydrogen-bond donors (Lipinski definition) is 1. The maximum absolute atomic E-state index is 11.5. The molecule has 0 aliphatic heterocycles. The molecule has 0 amide bonds. The van der Waals surface area contributed by atoms with Crippen molar-refractivity contribution in [2.24, 2.45) is 5.92 Å². The summed E-state index contributed by atoms with van der Waals surface area (Å²) in [6, 6.07) is 6.01. The molecule has 0 atom stereocenters. The number of aryl methyl sites for hydroxylation is 1. The molecule has 1 aromatic carbocycles. The van der Waals surface area contributed by atoms with Gasteiger partial charge in [0.25, 0.3) is 0 Å². The monoisotopic (exact) mass is 255 g/mol. The number of aromatic carboxylic acids is 1. The third-order valence-corrected chi connectivity index (χ3v) is 3.92. The van der Waals surface area contributed by atoms with Gasteiger partial charge in [0.05, 0.1) is 0 Å². The van der Waals surface area contributed by atoms with Crippen molar-refractivity contribution in [2.45, 2.75) is 26.3 Å². The second-order valence-corrected chi connectivity index (χ2v) is 5.31. The smallest absolute Gasteiger partial charge is 0.352 e. The summed E-state index contributed by atoms with van der Waals surface area (Å²) >= 11 is 0. The molecule has 1 saturated carbocycles. The molecule has 0 spiro atoms. The van der Waals surface area contributed by atoms with E-state index in [-0.39, 0.29) is 0 Å². The van der Waals surface area contributed by atoms with E-state index < -0.39 is 5.97 Å². The van der Waals surface area contributed by atoms with Crippen molar-refractivity contribution in [1.29, 1.82) is 0 Å². The Morgan fingerprint density at radius 1 is 1.53 bits per heavy atom. The van der Waals surface area contributed by atoms with E-state index in [0.717, 1.165) is 28.6 Å². The average molecular weight is 255 g/mol. The van der Waals surface area contributed by atoms with Gasteiger partial charge in [0.15, 0.2) is 0 Å². The largest absolute Gasteiger partial charge is 0.477 e. The molecule has 1 fully saturated rings. The summed E-state index contributed by atoms with van der Waals surface area (Å²) < 4.78 is 1.97. The molecule has 1 aromatic heterocycles. The van der Waals surface area contributed by atoms with Crippen LogP contribution in [0.3, 0.4) is 0 Å². The Labute approximate surface area is 112 Å². The van der Waals surface area contributed by atoms with Crippen molar-refractivity contribution in [3.05, 3.63) is 41.6 Å². The third-order valence-electron chi connectivity index (χ3n) is 3.92. The highest BCUT2D eigenvalue weighted by Gasteiger charge is 2.26. The average Bonchev–Trinajstić information content (AvgIpc) is 3.16. The minimum absolute atomic E-state index is 0.433. The number of aromatic nitrogens is 1. The minimum Gasteiger partial charge on any atom is -0.477 e.